The van der Waals surface area contributed by atoms with Gasteiger partial charge < -0.3 is 9.88 Å². The number of benzene rings is 10. The van der Waals surface area contributed by atoms with Crippen molar-refractivity contribution in [3.63, 3.8) is 0 Å². The number of para-hydroxylation sites is 3. The lowest BCUT2D eigenvalue weighted by atomic mass is 9.73. The van der Waals surface area contributed by atoms with E-state index in [1.165, 1.54) is 104 Å². The van der Waals surface area contributed by atoms with Crippen molar-refractivity contribution < 1.29 is 0 Å². The van der Waals surface area contributed by atoms with Gasteiger partial charge >= 0.3 is 0 Å². The zero-order valence-electron chi connectivity index (χ0n) is 33.3. The highest BCUT2D eigenvalue weighted by Gasteiger charge is 2.41. The van der Waals surface area contributed by atoms with Gasteiger partial charge in [-0.05, 0) is 150 Å². The lowest BCUT2D eigenvalue weighted by molar-refractivity contribution is 0.490. The highest BCUT2D eigenvalue weighted by Crippen LogP contribution is 2.55. The summed E-state index contributed by atoms with van der Waals surface area (Å²) < 4.78 is 0. The molecule has 10 aromatic carbocycles. The van der Waals surface area contributed by atoms with Gasteiger partial charge in [0, 0.05) is 44.3 Å². The second kappa shape index (κ2) is 12.9. The van der Waals surface area contributed by atoms with E-state index in [1.54, 1.807) is 0 Å². The maximum absolute atomic E-state index is 3.61. The normalized spacial score (nSPS) is 13.2. The molecular weight excluding hydrogens is 713 g/mol. The highest BCUT2D eigenvalue weighted by molar-refractivity contribution is 6.28. The van der Waals surface area contributed by atoms with Crippen LogP contribution in [0, 0.1) is 0 Å². The molecule has 1 aliphatic rings. The number of rotatable bonds is 7. The molecular formula is C57H42N2. The standard InChI is InChI=1S/C57H42N2/c1-3-57(4-2)51-34-39(23-28-45(51)46-31-25-42(35-52(46)57)59(40-13-7-5-8-14-40)41-15-9-6-10-16-41)44-27-20-37-21-29-48-43(26-19-36-22-30-49(44)56(37)55(36)48)38-24-32-54-50(33-38)47-17-11-12-18-53(47)58-54/h5-35,58H,3-4H2,1-2H3. The third kappa shape index (κ3) is 4.93. The van der Waals surface area contributed by atoms with Crippen LogP contribution in [0.15, 0.2) is 188 Å². The topological polar surface area (TPSA) is 19.0 Å². The van der Waals surface area contributed by atoms with Gasteiger partial charge in [0.25, 0.3) is 0 Å². The molecule has 280 valence electrons. The van der Waals surface area contributed by atoms with E-state index in [4.69, 9.17) is 0 Å². The zero-order chi connectivity index (χ0) is 39.2. The number of nitrogens with zero attached hydrogens (tertiary/aromatic N) is 1. The lowest BCUT2D eigenvalue weighted by Crippen LogP contribution is -2.23. The van der Waals surface area contributed by atoms with Crippen LogP contribution in [-0.2, 0) is 5.41 Å². The van der Waals surface area contributed by atoms with Crippen molar-refractivity contribution in [3.8, 4) is 33.4 Å². The molecule has 0 unspecified atom stereocenters. The molecule has 59 heavy (non-hydrogen) atoms. The van der Waals surface area contributed by atoms with Crippen LogP contribution in [0.5, 0.6) is 0 Å². The van der Waals surface area contributed by atoms with Crippen LogP contribution in [0.3, 0.4) is 0 Å². The lowest BCUT2D eigenvalue weighted by Gasteiger charge is -2.32. The van der Waals surface area contributed by atoms with E-state index in [0.717, 1.165) is 24.2 Å². The summed E-state index contributed by atoms with van der Waals surface area (Å²) in [6.45, 7) is 4.75. The van der Waals surface area contributed by atoms with Crippen molar-refractivity contribution in [3.05, 3.63) is 199 Å². The summed E-state index contributed by atoms with van der Waals surface area (Å²) in [7, 11) is 0. The first-order chi connectivity index (χ1) is 29.1. The smallest absolute Gasteiger partial charge is 0.0465 e. The van der Waals surface area contributed by atoms with Crippen LogP contribution in [0.1, 0.15) is 37.8 Å². The minimum atomic E-state index is -0.0969. The predicted octanol–water partition coefficient (Wildman–Crippen LogP) is 16.1. The summed E-state index contributed by atoms with van der Waals surface area (Å²) in [5, 5.41) is 10.4. The van der Waals surface area contributed by atoms with Crippen molar-refractivity contribution in [2.24, 2.45) is 0 Å². The second-order valence-corrected chi connectivity index (χ2v) is 16.4. The van der Waals surface area contributed by atoms with Gasteiger partial charge in [0.05, 0.1) is 0 Å². The molecule has 0 saturated heterocycles. The number of fused-ring (bicyclic) bond motifs is 6. The summed E-state index contributed by atoms with van der Waals surface area (Å²) in [5.74, 6) is 0. The van der Waals surface area contributed by atoms with Gasteiger partial charge in [-0.1, -0.05) is 141 Å². The van der Waals surface area contributed by atoms with Crippen molar-refractivity contribution in [1.29, 1.82) is 0 Å². The molecule has 0 spiro atoms. The highest BCUT2D eigenvalue weighted by atomic mass is 15.1. The third-order valence-electron chi connectivity index (χ3n) is 13.6. The number of aromatic nitrogens is 1. The van der Waals surface area contributed by atoms with Crippen LogP contribution < -0.4 is 4.90 Å². The molecule has 0 amide bonds. The molecule has 2 nitrogen and oxygen atoms in total. The Bertz CT molecular complexity index is 3370. The van der Waals surface area contributed by atoms with Crippen molar-refractivity contribution in [2.75, 3.05) is 4.90 Å². The van der Waals surface area contributed by atoms with Crippen molar-refractivity contribution >= 4 is 71.2 Å². The Morgan fingerprint density at radius 2 is 0.898 bits per heavy atom. The van der Waals surface area contributed by atoms with Crippen LogP contribution >= 0.6 is 0 Å². The van der Waals surface area contributed by atoms with Gasteiger partial charge in [-0.2, -0.15) is 0 Å². The van der Waals surface area contributed by atoms with Gasteiger partial charge in [0.2, 0.25) is 0 Å². The van der Waals surface area contributed by atoms with Crippen LogP contribution in [-0.4, -0.2) is 4.98 Å². The Hall–Kier alpha value is -7.16. The molecule has 0 fully saturated rings. The van der Waals surface area contributed by atoms with Crippen molar-refractivity contribution in [2.45, 2.75) is 32.1 Å². The number of H-pyrrole nitrogens is 1. The maximum Gasteiger partial charge on any atom is 0.0465 e. The minimum Gasteiger partial charge on any atom is -0.355 e. The molecule has 1 heterocycles. The first-order valence-electron chi connectivity index (χ1n) is 21.0. The van der Waals surface area contributed by atoms with E-state index in [-0.39, 0.29) is 5.41 Å². The minimum absolute atomic E-state index is 0.0969. The second-order valence-electron chi connectivity index (χ2n) is 16.4. The molecule has 11 aromatic rings. The molecule has 2 heteroatoms. The maximum atomic E-state index is 3.61. The molecule has 1 aromatic heterocycles. The Balaban J connectivity index is 0.999. The van der Waals surface area contributed by atoms with Crippen LogP contribution in [0.4, 0.5) is 17.1 Å². The monoisotopic (exact) mass is 754 g/mol. The zero-order valence-corrected chi connectivity index (χ0v) is 33.3. The summed E-state index contributed by atoms with van der Waals surface area (Å²) in [6.07, 6.45) is 2.05. The Morgan fingerprint density at radius 1 is 0.390 bits per heavy atom. The van der Waals surface area contributed by atoms with E-state index in [2.05, 4.69) is 212 Å². The average molecular weight is 755 g/mol. The first kappa shape index (κ1) is 33.9. The van der Waals surface area contributed by atoms with Gasteiger partial charge in [-0.15, -0.1) is 0 Å². The average Bonchev–Trinajstić information content (AvgIpc) is 3.81. The Morgan fingerprint density at radius 3 is 1.54 bits per heavy atom. The number of hydrogen-bond acceptors (Lipinski definition) is 1. The fourth-order valence-corrected chi connectivity index (χ4v) is 10.7. The van der Waals surface area contributed by atoms with Gasteiger partial charge in [-0.3, -0.25) is 0 Å². The molecule has 12 rings (SSSR count). The number of anilines is 3. The SMILES string of the molecule is CCC1(CC)c2cc(-c3ccc4ccc5c(-c6ccc7[nH]c8ccccc8c7c6)ccc6ccc3c4c65)ccc2-c2ccc(N(c3ccccc3)c3ccccc3)cc21. The summed E-state index contributed by atoms with van der Waals surface area (Å²) in [5.41, 5.74) is 16.4. The number of aromatic amines is 1. The molecule has 0 aliphatic heterocycles. The van der Waals surface area contributed by atoms with Gasteiger partial charge in [0.1, 0.15) is 0 Å². The largest absolute Gasteiger partial charge is 0.355 e. The fraction of sp³-hybridized carbons (Fsp3) is 0.0877. The van der Waals surface area contributed by atoms with E-state index in [0.29, 0.717) is 0 Å². The quantitative estimate of drug-likeness (QED) is 0.161. The summed E-state index contributed by atoms with van der Waals surface area (Å²) >= 11 is 0. The molecule has 0 atom stereocenters. The van der Waals surface area contributed by atoms with Crippen LogP contribution in [0.25, 0.3) is 87.5 Å². The Kier molecular flexibility index (Phi) is 7.43. The fourth-order valence-electron chi connectivity index (χ4n) is 10.7. The van der Waals surface area contributed by atoms with E-state index < -0.39 is 0 Å². The molecule has 1 N–H and O–H groups in total. The van der Waals surface area contributed by atoms with E-state index in [9.17, 15) is 0 Å². The van der Waals surface area contributed by atoms with E-state index >= 15 is 0 Å². The molecule has 0 radical (unpaired) electrons. The molecule has 1 aliphatic carbocycles. The van der Waals surface area contributed by atoms with E-state index in [1.807, 2.05) is 0 Å². The summed E-state index contributed by atoms with van der Waals surface area (Å²) in [4.78, 5) is 6.00. The Labute approximate surface area is 344 Å². The third-order valence-corrected chi connectivity index (χ3v) is 13.6. The van der Waals surface area contributed by atoms with Crippen LogP contribution in [0.2, 0.25) is 0 Å². The van der Waals surface area contributed by atoms with Crippen molar-refractivity contribution in [1.82, 2.24) is 4.98 Å². The van der Waals surface area contributed by atoms with Gasteiger partial charge in [-0.25, -0.2) is 0 Å². The predicted molar refractivity (Wildman–Crippen MR) is 252 cm³/mol. The number of nitrogens with one attached hydrogen (secondary N) is 1. The summed E-state index contributed by atoms with van der Waals surface area (Å²) in [6, 6.07) is 70.1. The number of hydrogen-bond donors (Lipinski definition) is 1. The molecule has 0 bridgehead atoms. The van der Waals surface area contributed by atoms with Gasteiger partial charge in [0.15, 0.2) is 0 Å². The first-order valence-corrected chi connectivity index (χ1v) is 21.0. The molecule has 0 saturated carbocycles.